The van der Waals surface area contributed by atoms with E-state index in [1.165, 1.54) is 17.7 Å². The molecule has 2 aliphatic rings. The van der Waals surface area contributed by atoms with E-state index in [2.05, 4.69) is 18.0 Å². The fraction of sp³-hybridized carbons (Fsp3) is 0.379. The Morgan fingerprint density at radius 3 is 2.52 bits per heavy atom. The number of Topliss-reactive ketones (excluding diaryl/α,β-unsaturated/α-hetero) is 1. The molecule has 1 atom stereocenters. The standard InChI is InChI=1S/C29H31F2NO/c1-3-4-6-9-21-12-17-25-27(20(2)32-28(25)26(33)18-21)23-13-15-24(16-14-23)29(30,31)19-22-10-7-5-8-11-22/h5,7-11,13-16,25H,3-4,6,12,17-19H2,1-2H3/b21-9+. The largest absolute Gasteiger partial charge is 0.292 e. The second-order valence-corrected chi connectivity index (χ2v) is 9.14. The van der Waals surface area contributed by atoms with Crippen LogP contribution < -0.4 is 0 Å². The Morgan fingerprint density at radius 1 is 1.09 bits per heavy atom. The van der Waals surface area contributed by atoms with Crippen molar-refractivity contribution in [2.45, 2.75) is 64.7 Å². The van der Waals surface area contributed by atoms with Crippen LogP contribution in [0.25, 0.3) is 5.57 Å². The fourth-order valence-electron chi connectivity index (χ4n) is 4.90. The van der Waals surface area contributed by atoms with E-state index in [0.717, 1.165) is 48.9 Å². The van der Waals surface area contributed by atoms with Crippen LogP contribution in [0.15, 0.2) is 76.9 Å². The van der Waals surface area contributed by atoms with Crippen LogP contribution in [0.5, 0.6) is 0 Å². The molecule has 33 heavy (non-hydrogen) atoms. The fourth-order valence-corrected chi connectivity index (χ4v) is 4.90. The molecule has 1 heterocycles. The number of aliphatic imine (C=N–C) groups is 1. The molecular formula is C29H31F2NO. The van der Waals surface area contributed by atoms with Crippen LogP contribution in [0.1, 0.15) is 69.1 Å². The number of benzene rings is 2. The predicted molar refractivity (Wildman–Crippen MR) is 130 cm³/mol. The molecule has 2 aromatic carbocycles. The summed E-state index contributed by atoms with van der Waals surface area (Å²) < 4.78 is 29.8. The van der Waals surface area contributed by atoms with Crippen molar-refractivity contribution in [1.29, 1.82) is 0 Å². The SMILES string of the molecule is CCCC/C=C1\CCC2C(=NC(C)=C2c2ccc(C(F)(F)Cc3ccccc3)cc2)C(=O)C1. The number of alkyl halides is 2. The van der Waals surface area contributed by atoms with E-state index < -0.39 is 5.92 Å². The summed E-state index contributed by atoms with van der Waals surface area (Å²) in [6.07, 6.45) is 7.34. The molecule has 4 rings (SSSR count). The molecule has 0 N–H and O–H groups in total. The van der Waals surface area contributed by atoms with Crippen molar-refractivity contribution in [3.8, 4) is 0 Å². The summed E-state index contributed by atoms with van der Waals surface area (Å²) >= 11 is 0. The van der Waals surface area contributed by atoms with Gasteiger partial charge in [0.05, 0.1) is 5.71 Å². The first kappa shape index (κ1) is 23.3. The Kier molecular flexibility index (Phi) is 7.02. The minimum atomic E-state index is -2.95. The maximum atomic E-state index is 14.9. The van der Waals surface area contributed by atoms with E-state index in [1.807, 2.05) is 13.0 Å². The Hall–Kier alpha value is -2.88. The lowest BCUT2D eigenvalue weighted by Gasteiger charge is -2.19. The molecule has 1 aliphatic heterocycles. The topological polar surface area (TPSA) is 29.4 Å². The van der Waals surface area contributed by atoms with Gasteiger partial charge in [0, 0.05) is 30.0 Å². The summed E-state index contributed by atoms with van der Waals surface area (Å²) in [5.74, 6) is -2.90. The lowest BCUT2D eigenvalue weighted by Crippen LogP contribution is -2.20. The molecule has 0 radical (unpaired) electrons. The van der Waals surface area contributed by atoms with Gasteiger partial charge in [-0.1, -0.05) is 86.0 Å². The van der Waals surface area contributed by atoms with Gasteiger partial charge in [0.2, 0.25) is 0 Å². The first-order valence-electron chi connectivity index (χ1n) is 11.9. The van der Waals surface area contributed by atoms with Gasteiger partial charge >= 0.3 is 0 Å². The second-order valence-electron chi connectivity index (χ2n) is 9.14. The van der Waals surface area contributed by atoms with E-state index >= 15 is 0 Å². The highest BCUT2D eigenvalue weighted by Gasteiger charge is 2.36. The van der Waals surface area contributed by atoms with Gasteiger partial charge in [-0.15, -0.1) is 0 Å². The molecule has 0 spiro atoms. The molecule has 1 saturated carbocycles. The second kappa shape index (κ2) is 9.94. The Morgan fingerprint density at radius 2 is 1.82 bits per heavy atom. The zero-order valence-corrected chi connectivity index (χ0v) is 19.4. The summed E-state index contributed by atoms with van der Waals surface area (Å²) in [5.41, 5.74) is 5.17. The first-order valence-corrected chi connectivity index (χ1v) is 11.9. The van der Waals surface area contributed by atoms with Gasteiger partial charge < -0.3 is 0 Å². The number of halogens is 2. The zero-order chi connectivity index (χ0) is 23.4. The number of hydrogen-bond acceptors (Lipinski definition) is 2. The molecule has 2 nitrogen and oxygen atoms in total. The minimum absolute atomic E-state index is 0.00517. The Bertz CT molecular complexity index is 1090. The number of ketones is 1. The van der Waals surface area contributed by atoms with Gasteiger partial charge in [-0.3, -0.25) is 9.79 Å². The maximum absolute atomic E-state index is 14.9. The highest BCUT2D eigenvalue weighted by molar-refractivity contribution is 6.44. The lowest BCUT2D eigenvalue weighted by molar-refractivity contribution is -0.112. The number of unbranched alkanes of at least 4 members (excludes halogenated alkanes) is 2. The molecule has 1 aliphatic carbocycles. The smallest absolute Gasteiger partial charge is 0.277 e. The quantitative estimate of drug-likeness (QED) is 0.316. The molecule has 2 aromatic rings. The number of carbonyl (C=O) groups is 1. The summed E-state index contributed by atoms with van der Waals surface area (Å²) in [5, 5.41) is 0. The van der Waals surface area contributed by atoms with E-state index in [9.17, 15) is 13.6 Å². The third kappa shape index (κ3) is 5.21. The van der Waals surface area contributed by atoms with Crippen LogP contribution in [0.4, 0.5) is 8.78 Å². The van der Waals surface area contributed by atoms with Crippen molar-refractivity contribution < 1.29 is 13.6 Å². The molecule has 1 unspecified atom stereocenters. The molecule has 0 saturated heterocycles. The van der Waals surface area contributed by atoms with Gasteiger partial charge in [0.1, 0.15) is 0 Å². The van der Waals surface area contributed by atoms with Crippen molar-refractivity contribution in [3.63, 3.8) is 0 Å². The lowest BCUT2D eigenvalue weighted by atomic mass is 9.85. The number of allylic oxidation sites excluding steroid dienone is 4. The third-order valence-corrected chi connectivity index (χ3v) is 6.66. The highest BCUT2D eigenvalue weighted by Crippen LogP contribution is 2.41. The summed E-state index contributed by atoms with van der Waals surface area (Å²) in [6, 6.07) is 15.4. The number of carbonyl (C=O) groups excluding carboxylic acids is 1. The highest BCUT2D eigenvalue weighted by atomic mass is 19.3. The van der Waals surface area contributed by atoms with Crippen LogP contribution in [0, 0.1) is 5.92 Å². The van der Waals surface area contributed by atoms with Gasteiger partial charge in [0.25, 0.3) is 5.92 Å². The van der Waals surface area contributed by atoms with E-state index in [0.29, 0.717) is 17.7 Å². The van der Waals surface area contributed by atoms with Crippen LogP contribution in [0.2, 0.25) is 0 Å². The van der Waals surface area contributed by atoms with Crippen molar-refractivity contribution in [3.05, 3.63) is 88.6 Å². The molecule has 0 amide bonds. The van der Waals surface area contributed by atoms with Crippen molar-refractivity contribution in [2.75, 3.05) is 0 Å². The van der Waals surface area contributed by atoms with Gasteiger partial charge in [-0.2, -0.15) is 0 Å². The molecule has 0 bridgehead atoms. The van der Waals surface area contributed by atoms with Crippen molar-refractivity contribution in [2.24, 2.45) is 10.9 Å². The summed E-state index contributed by atoms with van der Waals surface area (Å²) in [6.45, 7) is 4.08. The molecule has 1 fully saturated rings. The summed E-state index contributed by atoms with van der Waals surface area (Å²) in [7, 11) is 0. The molecule has 4 heteroatoms. The van der Waals surface area contributed by atoms with Crippen LogP contribution in [-0.4, -0.2) is 11.5 Å². The van der Waals surface area contributed by atoms with E-state index in [1.54, 1.807) is 36.4 Å². The molecular weight excluding hydrogens is 416 g/mol. The maximum Gasteiger partial charge on any atom is 0.277 e. The van der Waals surface area contributed by atoms with E-state index in [4.69, 9.17) is 0 Å². The van der Waals surface area contributed by atoms with Gasteiger partial charge in [-0.05, 0) is 42.9 Å². The third-order valence-electron chi connectivity index (χ3n) is 6.66. The van der Waals surface area contributed by atoms with Crippen LogP contribution >= 0.6 is 0 Å². The van der Waals surface area contributed by atoms with E-state index in [-0.39, 0.29) is 23.7 Å². The first-order chi connectivity index (χ1) is 15.9. The molecule has 172 valence electrons. The number of rotatable bonds is 7. The Balaban J connectivity index is 1.53. The monoisotopic (exact) mass is 447 g/mol. The average Bonchev–Trinajstić information content (AvgIpc) is 3.06. The van der Waals surface area contributed by atoms with Gasteiger partial charge in [-0.25, -0.2) is 8.78 Å². The minimum Gasteiger partial charge on any atom is -0.292 e. The van der Waals surface area contributed by atoms with Gasteiger partial charge in [0.15, 0.2) is 5.78 Å². The average molecular weight is 448 g/mol. The summed E-state index contributed by atoms with van der Waals surface area (Å²) in [4.78, 5) is 17.6. The normalized spacial score (nSPS) is 20.1. The van der Waals surface area contributed by atoms with Crippen LogP contribution in [-0.2, 0) is 17.1 Å². The van der Waals surface area contributed by atoms with Crippen molar-refractivity contribution >= 4 is 17.1 Å². The predicted octanol–water partition coefficient (Wildman–Crippen LogP) is 7.69. The molecule has 0 aromatic heterocycles. The Labute approximate surface area is 195 Å². The van der Waals surface area contributed by atoms with Crippen molar-refractivity contribution in [1.82, 2.24) is 0 Å². The van der Waals surface area contributed by atoms with Crippen LogP contribution in [0.3, 0.4) is 0 Å². The number of hydrogen-bond donors (Lipinski definition) is 0. The zero-order valence-electron chi connectivity index (χ0n) is 19.4. The number of nitrogens with zero attached hydrogens (tertiary/aromatic N) is 1. The number of fused-ring (bicyclic) bond motifs is 1.